The van der Waals surface area contributed by atoms with Gasteiger partial charge in [0, 0.05) is 0 Å². The van der Waals surface area contributed by atoms with Crippen LogP contribution in [0.25, 0.3) is 10.2 Å². The van der Waals surface area contributed by atoms with Crippen LogP contribution < -0.4 is 4.72 Å². The molecule has 1 aromatic carbocycles. The van der Waals surface area contributed by atoms with E-state index in [1.165, 1.54) is 23.5 Å². The Hall–Kier alpha value is -1.51. The van der Waals surface area contributed by atoms with Gasteiger partial charge in [-0.25, -0.2) is 13.4 Å². The summed E-state index contributed by atoms with van der Waals surface area (Å²) in [4.78, 5) is 15.2. The second-order valence-electron chi connectivity index (χ2n) is 4.66. The van der Waals surface area contributed by atoms with Gasteiger partial charge in [-0.3, -0.25) is 4.79 Å². The molecule has 0 amide bonds. The summed E-state index contributed by atoms with van der Waals surface area (Å²) < 4.78 is 27.4. The van der Waals surface area contributed by atoms with E-state index in [2.05, 4.69) is 9.71 Å². The number of sulfonamides is 1. The maximum Gasteiger partial charge on any atom is 0.322 e. The lowest BCUT2D eigenvalue weighted by Gasteiger charge is -2.17. The molecule has 0 bridgehead atoms. The highest BCUT2D eigenvalue weighted by atomic mass is 32.2. The second kappa shape index (κ2) is 5.47. The second-order valence-corrected chi connectivity index (χ2v) is 7.26. The number of aliphatic carboxylic acids is 1. The molecule has 0 aliphatic carbocycles. The van der Waals surface area contributed by atoms with Crippen LogP contribution in [0.2, 0.25) is 0 Å². The van der Waals surface area contributed by atoms with Gasteiger partial charge in [0.1, 0.15) is 6.04 Å². The Bertz CT molecular complexity index is 737. The van der Waals surface area contributed by atoms with Gasteiger partial charge in [0.2, 0.25) is 10.0 Å². The number of hydrogen-bond donors (Lipinski definition) is 2. The minimum absolute atomic E-state index is 0.0427. The van der Waals surface area contributed by atoms with Gasteiger partial charge in [0.15, 0.2) is 0 Å². The number of nitrogens with one attached hydrogen (secondary N) is 1. The first-order valence-electron chi connectivity index (χ1n) is 5.89. The summed E-state index contributed by atoms with van der Waals surface area (Å²) in [6.45, 7) is 3.29. The first kappa shape index (κ1) is 14.9. The van der Waals surface area contributed by atoms with Crippen molar-refractivity contribution in [1.29, 1.82) is 0 Å². The van der Waals surface area contributed by atoms with Crippen LogP contribution in [-0.2, 0) is 14.8 Å². The van der Waals surface area contributed by atoms with Crippen LogP contribution in [0.5, 0.6) is 0 Å². The number of rotatable bonds is 5. The third-order valence-electron chi connectivity index (χ3n) is 2.83. The van der Waals surface area contributed by atoms with Gasteiger partial charge < -0.3 is 5.11 Å². The van der Waals surface area contributed by atoms with Crippen LogP contribution in [-0.4, -0.2) is 30.5 Å². The van der Waals surface area contributed by atoms with Crippen LogP contribution in [0.4, 0.5) is 0 Å². The molecule has 0 saturated heterocycles. The van der Waals surface area contributed by atoms with E-state index in [4.69, 9.17) is 5.11 Å². The molecule has 1 heterocycles. The summed E-state index contributed by atoms with van der Waals surface area (Å²) in [6, 6.07) is 3.36. The lowest BCUT2D eigenvalue weighted by molar-refractivity contribution is -0.140. The highest BCUT2D eigenvalue weighted by Gasteiger charge is 2.28. The van der Waals surface area contributed by atoms with Gasteiger partial charge in [-0.1, -0.05) is 13.8 Å². The molecule has 0 saturated carbocycles. The third kappa shape index (κ3) is 2.97. The molecule has 108 valence electrons. The van der Waals surface area contributed by atoms with E-state index in [1.807, 2.05) is 0 Å². The molecule has 2 rings (SSSR count). The monoisotopic (exact) mass is 314 g/mol. The van der Waals surface area contributed by atoms with Crippen molar-refractivity contribution in [2.24, 2.45) is 5.92 Å². The molecule has 6 nitrogen and oxygen atoms in total. The largest absolute Gasteiger partial charge is 0.480 e. The SMILES string of the molecule is CC(C)[C@@H](NS(=O)(=O)c1ccc2ncsc2c1)C(=O)O. The topological polar surface area (TPSA) is 96.4 Å². The predicted octanol–water partition coefficient (Wildman–Crippen LogP) is 1.68. The maximum absolute atomic E-state index is 12.2. The molecule has 0 spiro atoms. The van der Waals surface area contributed by atoms with Gasteiger partial charge in [-0.2, -0.15) is 4.72 Å². The first-order chi connectivity index (χ1) is 9.31. The number of aromatic nitrogens is 1. The Kier molecular flexibility index (Phi) is 4.07. The number of benzene rings is 1. The smallest absolute Gasteiger partial charge is 0.322 e. The normalized spacial score (nSPS) is 13.8. The summed E-state index contributed by atoms with van der Waals surface area (Å²) in [7, 11) is -3.87. The van der Waals surface area contributed by atoms with Crippen molar-refractivity contribution in [3.63, 3.8) is 0 Å². The molecule has 1 atom stereocenters. The lowest BCUT2D eigenvalue weighted by atomic mass is 10.1. The van der Waals surface area contributed by atoms with Crippen LogP contribution in [0.1, 0.15) is 13.8 Å². The van der Waals surface area contributed by atoms with E-state index in [-0.39, 0.29) is 10.8 Å². The van der Waals surface area contributed by atoms with Crippen molar-refractivity contribution in [3.05, 3.63) is 23.7 Å². The average Bonchev–Trinajstić information content (AvgIpc) is 2.82. The molecule has 0 radical (unpaired) electrons. The molecule has 8 heteroatoms. The first-order valence-corrected chi connectivity index (χ1v) is 8.26. The van der Waals surface area contributed by atoms with Crippen molar-refractivity contribution >= 4 is 37.5 Å². The van der Waals surface area contributed by atoms with E-state index in [9.17, 15) is 13.2 Å². The zero-order valence-corrected chi connectivity index (χ0v) is 12.5. The van der Waals surface area contributed by atoms with Crippen molar-refractivity contribution in [3.8, 4) is 0 Å². The predicted molar refractivity (Wildman–Crippen MR) is 76.2 cm³/mol. The number of nitrogens with zero attached hydrogens (tertiary/aromatic N) is 1. The fourth-order valence-electron chi connectivity index (χ4n) is 1.71. The Balaban J connectivity index is 2.36. The molecule has 0 aliphatic rings. The number of fused-ring (bicyclic) bond motifs is 1. The lowest BCUT2D eigenvalue weighted by Crippen LogP contribution is -2.44. The molecule has 1 aromatic heterocycles. The minimum atomic E-state index is -3.87. The Labute approximate surface area is 120 Å². The Morgan fingerprint density at radius 2 is 2.10 bits per heavy atom. The van der Waals surface area contributed by atoms with Crippen molar-refractivity contribution in [1.82, 2.24) is 9.71 Å². The van der Waals surface area contributed by atoms with Crippen LogP contribution >= 0.6 is 11.3 Å². The Morgan fingerprint density at radius 1 is 1.40 bits per heavy atom. The highest BCUT2D eigenvalue weighted by molar-refractivity contribution is 7.89. The van der Waals surface area contributed by atoms with E-state index in [1.54, 1.807) is 25.4 Å². The highest BCUT2D eigenvalue weighted by Crippen LogP contribution is 2.22. The van der Waals surface area contributed by atoms with E-state index in [0.29, 0.717) is 5.52 Å². The molecule has 0 fully saturated rings. The van der Waals surface area contributed by atoms with Crippen LogP contribution in [0.3, 0.4) is 0 Å². The third-order valence-corrected chi connectivity index (χ3v) is 5.06. The molecule has 20 heavy (non-hydrogen) atoms. The summed E-state index contributed by atoms with van der Waals surface area (Å²) in [6.07, 6.45) is 0. The van der Waals surface area contributed by atoms with Gasteiger partial charge in [0.05, 0.1) is 20.6 Å². The molecule has 0 aliphatic heterocycles. The summed E-state index contributed by atoms with van der Waals surface area (Å²) in [5, 5.41) is 9.06. The van der Waals surface area contributed by atoms with Gasteiger partial charge in [-0.05, 0) is 24.1 Å². The average molecular weight is 314 g/mol. The van der Waals surface area contributed by atoms with E-state index in [0.717, 1.165) is 4.70 Å². The minimum Gasteiger partial charge on any atom is -0.480 e. The van der Waals surface area contributed by atoms with Crippen molar-refractivity contribution < 1.29 is 18.3 Å². The van der Waals surface area contributed by atoms with Gasteiger partial charge >= 0.3 is 5.97 Å². The van der Waals surface area contributed by atoms with E-state index >= 15 is 0 Å². The van der Waals surface area contributed by atoms with E-state index < -0.39 is 22.0 Å². The van der Waals surface area contributed by atoms with Crippen LogP contribution in [0, 0.1) is 5.92 Å². The van der Waals surface area contributed by atoms with Crippen molar-refractivity contribution in [2.45, 2.75) is 24.8 Å². The molecular formula is C12H14N2O4S2. The zero-order chi connectivity index (χ0) is 14.9. The van der Waals surface area contributed by atoms with Gasteiger partial charge in [-0.15, -0.1) is 11.3 Å². The molecule has 0 unspecified atom stereocenters. The Morgan fingerprint density at radius 3 is 2.70 bits per heavy atom. The van der Waals surface area contributed by atoms with Crippen LogP contribution in [0.15, 0.2) is 28.6 Å². The number of carboxylic acids is 1. The number of carbonyl (C=O) groups is 1. The number of carboxylic acid groups (broad SMARTS) is 1. The number of thiazole rings is 1. The molecular weight excluding hydrogens is 300 g/mol. The quantitative estimate of drug-likeness (QED) is 0.875. The molecule has 2 N–H and O–H groups in total. The summed E-state index contributed by atoms with van der Waals surface area (Å²) in [5.41, 5.74) is 2.34. The fraction of sp³-hybridized carbons (Fsp3) is 0.333. The van der Waals surface area contributed by atoms with Crippen molar-refractivity contribution in [2.75, 3.05) is 0 Å². The summed E-state index contributed by atoms with van der Waals surface area (Å²) >= 11 is 1.33. The maximum atomic E-state index is 12.2. The standard InChI is InChI=1S/C12H14N2O4S2/c1-7(2)11(12(15)16)14-20(17,18)8-3-4-9-10(5-8)19-6-13-9/h3-7,11,14H,1-2H3,(H,15,16)/t11-/m1/s1. The van der Waals surface area contributed by atoms with Gasteiger partial charge in [0.25, 0.3) is 0 Å². The number of hydrogen-bond acceptors (Lipinski definition) is 5. The molecule has 2 aromatic rings. The fourth-order valence-corrected chi connectivity index (χ4v) is 3.86. The zero-order valence-electron chi connectivity index (χ0n) is 10.9. The summed E-state index contributed by atoms with van der Waals surface area (Å²) in [5.74, 6) is -1.54.